The number of fused-ring (bicyclic) bond motifs is 1. The highest BCUT2D eigenvalue weighted by molar-refractivity contribution is 6.30. The Hall–Kier alpha value is -2.26. The van der Waals surface area contributed by atoms with Gasteiger partial charge in [0.15, 0.2) is 0 Å². The number of hydrogen-bond donors (Lipinski definition) is 2. The largest absolute Gasteiger partial charge is 0.507 e. The summed E-state index contributed by atoms with van der Waals surface area (Å²) in [5.41, 5.74) is 1.42. The molecule has 2 N–H and O–H groups in total. The van der Waals surface area contributed by atoms with Gasteiger partial charge in [-0.1, -0.05) is 29.8 Å². The van der Waals surface area contributed by atoms with Crippen LogP contribution in [0, 0.1) is 0 Å². The number of rotatable bonds is 1. The average molecular weight is 272 g/mol. The second kappa shape index (κ2) is 4.44. The van der Waals surface area contributed by atoms with E-state index in [1.54, 1.807) is 18.2 Å². The van der Waals surface area contributed by atoms with Crippen molar-refractivity contribution >= 4 is 22.5 Å². The van der Waals surface area contributed by atoms with Gasteiger partial charge >= 0.3 is 0 Å². The van der Waals surface area contributed by atoms with Crippen LogP contribution >= 0.6 is 11.6 Å². The molecule has 0 saturated carbocycles. The summed E-state index contributed by atoms with van der Waals surface area (Å²) in [7, 11) is 0. The van der Waals surface area contributed by atoms with Gasteiger partial charge in [-0.2, -0.15) is 0 Å². The van der Waals surface area contributed by atoms with Gasteiger partial charge in [0, 0.05) is 16.1 Å². The number of halogens is 1. The van der Waals surface area contributed by atoms with Crippen molar-refractivity contribution in [1.82, 2.24) is 4.98 Å². The Bertz CT molecular complexity index is 824. The Labute approximate surface area is 114 Å². The van der Waals surface area contributed by atoms with Gasteiger partial charge in [-0.3, -0.25) is 4.79 Å². The molecule has 1 heterocycles. The van der Waals surface area contributed by atoms with Gasteiger partial charge in [0.1, 0.15) is 5.75 Å². The van der Waals surface area contributed by atoms with Gasteiger partial charge < -0.3 is 10.1 Å². The molecule has 3 nitrogen and oxygen atoms in total. The van der Waals surface area contributed by atoms with Crippen LogP contribution in [0.15, 0.2) is 53.3 Å². The fourth-order valence-corrected chi connectivity index (χ4v) is 2.25. The van der Waals surface area contributed by atoms with E-state index in [9.17, 15) is 9.90 Å². The maximum atomic E-state index is 12.1. The second-order valence-electron chi connectivity index (χ2n) is 4.26. The Morgan fingerprint density at radius 1 is 1.00 bits per heavy atom. The Balaban J connectivity index is 2.30. The third-order valence-corrected chi connectivity index (χ3v) is 3.24. The SMILES string of the molecule is O=c1[nH]c2ccccc2cc1-c1ccc(Cl)cc1O. The number of hydrogen-bond acceptors (Lipinski definition) is 2. The van der Waals surface area contributed by atoms with E-state index in [-0.39, 0.29) is 11.3 Å². The van der Waals surface area contributed by atoms with E-state index in [4.69, 9.17) is 11.6 Å². The predicted octanol–water partition coefficient (Wildman–Crippen LogP) is 3.55. The molecule has 0 spiro atoms. The fourth-order valence-electron chi connectivity index (χ4n) is 2.08. The molecule has 3 rings (SSSR count). The molecule has 0 aliphatic carbocycles. The van der Waals surface area contributed by atoms with Crippen LogP contribution in [0.3, 0.4) is 0 Å². The minimum absolute atomic E-state index is 0.00622. The highest BCUT2D eigenvalue weighted by Crippen LogP contribution is 2.30. The fraction of sp³-hybridized carbons (Fsp3) is 0. The van der Waals surface area contributed by atoms with E-state index in [0.29, 0.717) is 16.1 Å². The summed E-state index contributed by atoms with van der Waals surface area (Å²) >= 11 is 5.79. The average Bonchev–Trinajstić information content (AvgIpc) is 2.38. The minimum atomic E-state index is -0.240. The number of H-pyrrole nitrogens is 1. The number of phenols is 1. The topological polar surface area (TPSA) is 53.1 Å². The van der Waals surface area contributed by atoms with Crippen molar-refractivity contribution in [1.29, 1.82) is 0 Å². The predicted molar refractivity (Wildman–Crippen MR) is 76.7 cm³/mol. The van der Waals surface area contributed by atoms with E-state index >= 15 is 0 Å². The lowest BCUT2D eigenvalue weighted by molar-refractivity contribution is 0.477. The molecule has 0 saturated heterocycles. The molecule has 0 bridgehead atoms. The van der Waals surface area contributed by atoms with Gasteiger partial charge in [-0.25, -0.2) is 0 Å². The third-order valence-electron chi connectivity index (χ3n) is 3.00. The van der Waals surface area contributed by atoms with E-state index in [1.807, 2.05) is 24.3 Å². The summed E-state index contributed by atoms with van der Waals surface area (Å²) in [6.07, 6.45) is 0. The number of nitrogens with one attached hydrogen (secondary N) is 1. The number of aromatic hydroxyl groups is 1. The highest BCUT2D eigenvalue weighted by atomic mass is 35.5. The van der Waals surface area contributed by atoms with Gasteiger partial charge in [0.25, 0.3) is 5.56 Å². The molecule has 0 fully saturated rings. The molecular weight excluding hydrogens is 262 g/mol. The minimum Gasteiger partial charge on any atom is -0.507 e. The number of aromatic nitrogens is 1. The number of pyridine rings is 1. The normalized spacial score (nSPS) is 10.8. The molecule has 0 atom stereocenters. The Kier molecular flexibility index (Phi) is 2.76. The zero-order chi connectivity index (χ0) is 13.4. The van der Waals surface area contributed by atoms with Gasteiger partial charge in [-0.15, -0.1) is 0 Å². The summed E-state index contributed by atoms with van der Waals surface area (Å²) in [6, 6.07) is 14.0. The zero-order valence-corrected chi connectivity index (χ0v) is 10.6. The van der Waals surface area contributed by atoms with Crippen LogP contribution in [0.1, 0.15) is 0 Å². The molecule has 2 aromatic carbocycles. The summed E-state index contributed by atoms with van der Waals surface area (Å²) in [5, 5.41) is 11.2. The summed E-state index contributed by atoms with van der Waals surface area (Å²) in [5.74, 6) is -0.00622. The Morgan fingerprint density at radius 2 is 1.79 bits per heavy atom. The first-order valence-electron chi connectivity index (χ1n) is 5.76. The van der Waals surface area contributed by atoms with Crippen LogP contribution in [-0.4, -0.2) is 10.1 Å². The summed E-state index contributed by atoms with van der Waals surface area (Å²) < 4.78 is 0. The van der Waals surface area contributed by atoms with Crippen LogP contribution in [0.5, 0.6) is 5.75 Å². The standard InChI is InChI=1S/C15H10ClNO2/c16-10-5-6-11(14(18)8-10)12-7-9-3-1-2-4-13(9)17-15(12)19/h1-8,18H,(H,17,19). The zero-order valence-electron chi connectivity index (χ0n) is 9.85. The van der Waals surface area contributed by atoms with Crippen molar-refractivity contribution in [3.63, 3.8) is 0 Å². The molecule has 4 heteroatoms. The lowest BCUT2D eigenvalue weighted by Gasteiger charge is -2.06. The van der Waals surface area contributed by atoms with Crippen LogP contribution in [-0.2, 0) is 0 Å². The van der Waals surface area contributed by atoms with Crippen molar-refractivity contribution in [2.75, 3.05) is 0 Å². The molecule has 0 amide bonds. The van der Waals surface area contributed by atoms with Gasteiger partial charge in [-0.05, 0) is 35.7 Å². The molecular formula is C15H10ClNO2. The van der Waals surface area contributed by atoms with E-state index in [0.717, 1.165) is 10.9 Å². The quantitative estimate of drug-likeness (QED) is 0.711. The lowest BCUT2D eigenvalue weighted by Crippen LogP contribution is -2.08. The van der Waals surface area contributed by atoms with Crippen LogP contribution in [0.2, 0.25) is 5.02 Å². The van der Waals surface area contributed by atoms with Crippen molar-refractivity contribution in [3.8, 4) is 16.9 Å². The van der Waals surface area contributed by atoms with Crippen LogP contribution in [0.25, 0.3) is 22.0 Å². The molecule has 1 aromatic heterocycles. The van der Waals surface area contributed by atoms with E-state index < -0.39 is 0 Å². The maximum absolute atomic E-state index is 12.1. The van der Waals surface area contributed by atoms with Crippen LogP contribution < -0.4 is 5.56 Å². The Morgan fingerprint density at radius 3 is 2.58 bits per heavy atom. The molecule has 0 radical (unpaired) electrons. The van der Waals surface area contributed by atoms with Gasteiger partial charge in [0.2, 0.25) is 0 Å². The number of phenolic OH excluding ortho intramolecular Hbond substituents is 1. The molecule has 94 valence electrons. The van der Waals surface area contributed by atoms with Crippen molar-refractivity contribution in [3.05, 3.63) is 63.9 Å². The van der Waals surface area contributed by atoms with Crippen molar-refractivity contribution in [2.24, 2.45) is 0 Å². The van der Waals surface area contributed by atoms with Crippen molar-refractivity contribution in [2.45, 2.75) is 0 Å². The van der Waals surface area contributed by atoms with E-state index in [2.05, 4.69) is 4.98 Å². The maximum Gasteiger partial charge on any atom is 0.256 e. The second-order valence-corrected chi connectivity index (χ2v) is 4.70. The first-order valence-corrected chi connectivity index (χ1v) is 6.14. The number of benzene rings is 2. The summed E-state index contributed by atoms with van der Waals surface area (Å²) in [4.78, 5) is 14.9. The monoisotopic (exact) mass is 271 g/mol. The molecule has 0 aliphatic rings. The summed E-state index contributed by atoms with van der Waals surface area (Å²) in [6.45, 7) is 0. The third kappa shape index (κ3) is 2.09. The number of aromatic amines is 1. The molecule has 19 heavy (non-hydrogen) atoms. The van der Waals surface area contributed by atoms with Crippen LogP contribution in [0.4, 0.5) is 0 Å². The smallest absolute Gasteiger partial charge is 0.256 e. The van der Waals surface area contributed by atoms with Gasteiger partial charge in [0.05, 0.1) is 5.56 Å². The molecule has 3 aromatic rings. The molecule has 0 unspecified atom stereocenters. The first-order chi connectivity index (χ1) is 9.15. The highest BCUT2D eigenvalue weighted by Gasteiger charge is 2.10. The number of para-hydroxylation sites is 1. The van der Waals surface area contributed by atoms with E-state index in [1.165, 1.54) is 6.07 Å². The molecule has 0 aliphatic heterocycles. The first kappa shape index (κ1) is 11.8. The lowest BCUT2D eigenvalue weighted by atomic mass is 10.0. The van der Waals surface area contributed by atoms with Crippen molar-refractivity contribution < 1.29 is 5.11 Å².